The first kappa shape index (κ1) is 21.1. The molecular formula is C19H14F2N4O4S. The fourth-order valence-electron chi connectivity index (χ4n) is 2.40. The van der Waals surface area contributed by atoms with Crippen molar-refractivity contribution in [1.29, 1.82) is 0 Å². The van der Waals surface area contributed by atoms with Crippen LogP contribution >= 0.6 is 11.8 Å². The van der Waals surface area contributed by atoms with Crippen LogP contribution in [0.2, 0.25) is 0 Å². The van der Waals surface area contributed by atoms with Gasteiger partial charge in [0.15, 0.2) is 5.16 Å². The van der Waals surface area contributed by atoms with E-state index in [0.29, 0.717) is 22.1 Å². The average molecular weight is 432 g/mol. The number of nitro benzene ring substituents is 1. The first-order valence-electron chi connectivity index (χ1n) is 8.46. The summed E-state index contributed by atoms with van der Waals surface area (Å²) in [5.74, 6) is -0.342. The number of hydrogen-bond acceptors (Lipinski definition) is 7. The second-order valence-corrected chi connectivity index (χ2v) is 6.71. The van der Waals surface area contributed by atoms with E-state index in [1.54, 1.807) is 24.3 Å². The lowest BCUT2D eigenvalue weighted by molar-refractivity contribution is -0.384. The molecule has 2 aromatic carbocycles. The summed E-state index contributed by atoms with van der Waals surface area (Å²) >= 11 is 1.09. The van der Waals surface area contributed by atoms with Crippen LogP contribution in [0.1, 0.15) is 0 Å². The highest BCUT2D eigenvalue weighted by molar-refractivity contribution is 7.99. The summed E-state index contributed by atoms with van der Waals surface area (Å²) in [6.45, 7) is -2.90. The largest absolute Gasteiger partial charge is 0.435 e. The number of anilines is 1. The molecule has 0 aliphatic rings. The fourth-order valence-corrected chi connectivity index (χ4v) is 3.03. The van der Waals surface area contributed by atoms with Crippen LogP contribution < -0.4 is 10.1 Å². The predicted molar refractivity (Wildman–Crippen MR) is 107 cm³/mol. The Morgan fingerprint density at radius 2 is 1.97 bits per heavy atom. The highest BCUT2D eigenvalue weighted by Crippen LogP contribution is 2.24. The summed E-state index contributed by atoms with van der Waals surface area (Å²) in [5.41, 5.74) is 1.41. The van der Waals surface area contributed by atoms with Crippen molar-refractivity contribution in [3.05, 3.63) is 70.9 Å². The summed E-state index contributed by atoms with van der Waals surface area (Å²) in [5, 5.41) is 13.7. The lowest BCUT2D eigenvalue weighted by Crippen LogP contribution is -2.14. The van der Waals surface area contributed by atoms with Crippen LogP contribution in [0.4, 0.5) is 20.2 Å². The summed E-state index contributed by atoms with van der Waals surface area (Å²) in [6, 6.07) is 13.3. The van der Waals surface area contributed by atoms with Crippen molar-refractivity contribution in [1.82, 2.24) is 9.97 Å². The predicted octanol–water partition coefficient (Wildman–Crippen LogP) is 4.38. The number of alkyl halides is 2. The molecule has 0 aliphatic heterocycles. The van der Waals surface area contributed by atoms with E-state index in [0.717, 1.165) is 11.8 Å². The van der Waals surface area contributed by atoms with E-state index < -0.39 is 11.5 Å². The molecule has 154 valence electrons. The summed E-state index contributed by atoms with van der Waals surface area (Å²) < 4.78 is 28.8. The van der Waals surface area contributed by atoms with Crippen LogP contribution in [0.3, 0.4) is 0 Å². The zero-order chi connectivity index (χ0) is 21.5. The van der Waals surface area contributed by atoms with Crippen molar-refractivity contribution in [3.63, 3.8) is 0 Å². The Kier molecular flexibility index (Phi) is 6.86. The van der Waals surface area contributed by atoms with E-state index in [1.165, 1.54) is 36.5 Å². The monoisotopic (exact) mass is 432 g/mol. The highest BCUT2D eigenvalue weighted by atomic mass is 32.2. The molecule has 1 amide bonds. The molecule has 0 radical (unpaired) electrons. The maximum Gasteiger partial charge on any atom is 0.387 e. The number of ether oxygens (including phenoxy) is 1. The van der Waals surface area contributed by atoms with E-state index in [1.807, 2.05) is 0 Å². The Bertz CT molecular complexity index is 1050. The van der Waals surface area contributed by atoms with Gasteiger partial charge >= 0.3 is 6.61 Å². The van der Waals surface area contributed by atoms with Gasteiger partial charge in [0.1, 0.15) is 5.75 Å². The lowest BCUT2D eigenvalue weighted by atomic mass is 10.1. The van der Waals surface area contributed by atoms with Crippen molar-refractivity contribution >= 4 is 29.0 Å². The first-order chi connectivity index (χ1) is 14.4. The molecule has 0 fully saturated rings. The van der Waals surface area contributed by atoms with Gasteiger partial charge in [-0.1, -0.05) is 17.8 Å². The van der Waals surface area contributed by atoms with Gasteiger partial charge in [0.2, 0.25) is 5.91 Å². The van der Waals surface area contributed by atoms with Gasteiger partial charge in [-0.2, -0.15) is 8.78 Å². The zero-order valence-electron chi connectivity index (χ0n) is 15.2. The van der Waals surface area contributed by atoms with Gasteiger partial charge in [-0.15, -0.1) is 0 Å². The lowest BCUT2D eigenvalue weighted by Gasteiger charge is -2.07. The van der Waals surface area contributed by atoms with E-state index in [-0.39, 0.29) is 23.1 Å². The second-order valence-electron chi connectivity index (χ2n) is 5.77. The molecular weight excluding hydrogens is 418 g/mol. The van der Waals surface area contributed by atoms with Gasteiger partial charge in [-0.05, 0) is 36.4 Å². The van der Waals surface area contributed by atoms with Gasteiger partial charge in [-0.3, -0.25) is 14.9 Å². The molecule has 1 N–H and O–H groups in total. The summed E-state index contributed by atoms with van der Waals surface area (Å²) in [4.78, 5) is 30.8. The zero-order valence-corrected chi connectivity index (χ0v) is 16.0. The number of nitrogens with one attached hydrogen (secondary N) is 1. The van der Waals surface area contributed by atoms with Crippen LogP contribution in [0, 0.1) is 10.1 Å². The molecule has 3 rings (SSSR count). The van der Waals surface area contributed by atoms with Crippen molar-refractivity contribution in [2.45, 2.75) is 11.8 Å². The molecule has 0 atom stereocenters. The summed E-state index contributed by atoms with van der Waals surface area (Å²) in [7, 11) is 0. The third-order valence-electron chi connectivity index (χ3n) is 3.68. The molecule has 8 nitrogen and oxygen atoms in total. The van der Waals surface area contributed by atoms with E-state index in [9.17, 15) is 23.7 Å². The number of halogens is 2. The minimum Gasteiger partial charge on any atom is -0.435 e. The Hall–Kier alpha value is -3.60. The maximum atomic E-state index is 12.2. The average Bonchev–Trinajstić information content (AvgIpc) is 2.73. The van der Waals surface area contributed by atoms with E-state index in [4.69, 9.17) is 0 Å². The van der Waals surface area contributed by atoms with Gasteiger partial charge in [0.25, 0.3) is 5.69 Å². The van der Waals surface area contributed by atoms with Gasteiger partial charge in [0.05, 0.1) is 16.4 Å². The minimum atomic E-state index is -2.90. The molecule has 0 aliphatic carbocycles. The number of nitrogens with zero attached hydrogens (tertiary/aromatic N) is 3. The van der Waals surface area contributed by atoms with Crippen LogP contribution in [0.25, 0.3) is 11.3 Å². The van der Waals surface area contributed by atoms with Crippen molar-refractivity contribution in [2.75, 3.05) is 11.1 Å². The number of thioether (sulfide) groups is 1. The Morgan fingerprint density at radius 3 is 2.67 bits per heavy atom. The highest BCUT2D eigenvalue weighted by Gasteiger charge is 2.11. The van der Waals surface area contributed by atoms with Crippen molar-refractivity contribution in [2.24, 2.45) is 0 Å². The summed E-state index contributed by atoms with van der Waals surface area (Å²) in [6.07, 6.45) is 1.52. The number of aromatic nitrogens is 2. The third kappa shape index (κ3) is 5.95. The van der Waals surface area contributed by atoms with Gasteiger partial charge in [0, 0.05) is 29.6 Å². The van der Waals surface area contributed by atoms with Crippen LogP contribution in [-0.4, -0.2) is 33.2 Å². The number of benzene rings is 2. The second kappa shape index (κ2) is 9.74. The third-order valence-corrected chi connectivity index (χ3v) is 4.54. The Labute approximate surface area is 173 Å². The van der Waals surface area contributed by atoms with Gasteiger partial charge < -0.3 is 10.1 Å². The minimum absolute atomic E-state index is 0.00664. The number of rotatable bonds is 8. The normalized spacial score (nSPS) is 10.6. The molecule has 30 heavy (non-hydrogen) atoms. The molecule has 11 heteroatoms. The smallest absolute Gasteiger partial charge is 0.387 e. The number of amides is 1. The molecule has 0 saturated carbocycles. The molecule has 0 unspecified atom stereocenters. The van der Waals surface area contributed by atoms with Crippen LogP contribution in [0.5, 0.6) is 5.75 Å². The van der Waals surface area contributed by atoms with E-state index in [2.05, 4.69) is 20.0 Å². The number of carbonyl (C=O) groups is 1. The fraction of sp³-hybridized carbons (Fsp3) is 0.105. The molecule has 1 heterocycles. The van der Waals surface area contributed by atoms with Crippen LogP contribution in [0.15, 0.2) is 66.0 Å². The standard InChI is InChI=1S/C19H14F2N4O4S/c20-18(21)29-15-6-4-12(5-7-15)16-8-9-22-19(24-16)30-11-17(26)23-13-2-1-3-14(10-13)25(27)28/h1-10,18H,11H2,(H,23,26). The maximum absolute atomic E-state index is 12.2. The quantitative estimate of drug-likeness (QED) is 0.244. The van der Waals surface area contributed by atoms with Crippen molar-refractivity contribution < 1.29 is 23.2 Å². The number of non-ortho nitro benzene ring substituents is 1. The van der Waals surface area contributed by atoms with Crippen LogP contribution in [-0.2, 0) is 4.79 Å². The van der Waals surface area contributed by atoms with E-state index >= 15 is 0 Å². The number of carbonyl (C=O) groups excluding carboxylic acids is 1. The molecule has 1 aromatic heterocycles. The topological polar surface area (TPSA) is 107 Å². The molecule has 0 bridgehead atoms. The number of hydrogen-bond donors (Lipinski definition) is 1. The number of nitro groups is 1. The Morgan fingerprint density at radius 1 is 1.20 bits per heavy atom. The first-order valence-corrected chi connectivity index (χ1v) is 9.44. The SMILES string of the molecule is O=C(CSc1nccc(-c2ccc(OC(F)F)cc2)n1)Nc1cccc([N+](=O)[O-])c1. The molecule has 0 spiro atoms. The Balaban J connectivity index is 1.60. The van der Waals surface area contributed by atoms with Gasteiger partial charge in [-0.25, -0.2) is 9.97 Å². The van der Waals surface area contributed by atoms with Crippen molar-refractivity contribution in [3.8, 4) is 17.0 Å². The molecule has 3 aromatic rings. The molecule has 0 saturated heterocycles.